The summed E-state index contributed by atoms with van der Waals surface area (Å²) in [5.74, 6) is 0.145. The van der Waals surface area contributed by atoms with Gasteiger partial charge in [0.25, 0.3) is 0 Å². The molecule has 11 heavy (non-hydrogen) atoms. The highest BCUT2D eigenvalue weighted by atomic mass is 35.5. The highest BCUT2D eigenvalue weighted by molar-refractivity contribution is 6.15. The summed E-state index contributed by atoms with van der Waals surface area (Å²) in [6, 6.07) is -0.115. The third kappa shape index (κ3) is 2.15. The predicted octanol–water partition coefficient (Wildman–Crippen LogP) is 0.345. The van der Waals surface area contributed by atoms with E-state index in [1.54, 1.807) is 11.3 Å². The number of nitrogens with zero attached hydrogens (tertiary/aromatic N) is 2. The maximum atomic E-state index is 11.0. The summed E-state index contributed by atoms with van der Waals surface area (Å²) in [6.07, 6.45) is 0. The van der Waals surface area contributed by atoms with Crippen LogP contribution in [-0.4, -0.2) is 47.8 Å². The molecule has 0 N–H and O–H groups in total. The average molecular weight is 177 g/mol. The molecular weight excluding hydrogens is 164 g/mol. The summed E-state index contributed by atoms with van der Waals surface area (Å²) in [6.45, 7) is 4.04. The first-order chi connectivity index (χ1) is 5.11. The second kappa shape index (κ2) is 3.52. The van der Waals surface area contributed by atoms with Crippen LogP contribution in [0.15, 0.2) is 0 Å². The van der Waals surface area contributed by atoms with Gasteiger partial charge in [-0.15, -0.1) is 0 Å². The molecule has 1 heterocycles. The summed E-state index contributed by atoms with van der Waals surface area (Å²) in [7, 11) is 2.00. The molecule has 0 aromatic carbocycles. The molecule has 0 amide bonds. The van der Waals surface area contributed by atoms with Crippen LogP contribution in [0.4, 0.5) is 0 Å². The van der Waals surface area contributed by atoms with Crippen LogP contribution in [0.25, 0.3) is 0 Å². The molecular formula is C7H13ClN2O. The molecule has 1 fully saturated rings. The van der Waals surface area contributed by atoms with Gasteiger partial charge in [0.15, 0.2) is 0 Å². The van der Waals surface area contributed by atoms with Crippen molar-refractivity contribution < 1.29 is 4.79 Å². The lowest BCUT2D eigenvalue weighted by molar-refractivity contribution is -0.122. The molecule has 0 bridgehead atoms. The second-order valence-corrected chi connectivity index (χ2v) is 3.45. The molecule has 1 unspecified atom stereocenters. The number of rotatable bonds is 1. The summed E-state index contributed by atoms with van der Waals surface area (Å²) in [5.41, 5.74) is 0. The van der Waals surface area contributed by atoms with E-state index in [4.69, 9.17) is 11.8 Å². The highest BCUT2D eigenvalue weighted by Gasteiger charge is 2.26. The number of hydrogen-bond acceptors (Lipinski definition) is 3. The lowest BCUT2D eigenvalue weighted by Crippen LogP contribution is -2.50. The normalized spacial score (nSPS) is 28.8. The monoisotopic (exact) mass is 176 g/mol. The van der Waals surface area contributed by atoms with Crippen LogP contribution in [0.5, 0.6) is 0 Å². The minimum Gasteiger partial charge on any atom is -0.303 e. The molecule has 64 valence electrons. The maximum Gasteiger partial charge on any atom is 0.149 e. The van der Waals surface area contributed by atoms with Gasteiger partial charge in [0.2, 0.25) is 0 Å². The molecule has 3 nitrogen and oxygen atoms in total. The highest BCUT2D eigenvalue weighted by Crippen LogP contribution is 2.11. The zero-order valence-corrected chi connectivity index (χ0v) is 7.64. The van der Waals surface area contributed by atoms with Crippen LogP contribution in [0.1, 0.15) is 6.92 Å². The minimum absolute atomic E-state index is 0.115. The number of ketones is 1. The van der Waals surface area contributed by atoms with E-state index in [0.717, 1.165) is 19.6 Å². The average Bonchev–Trinajstić information content (AvgIpc) is 1.94. The zero-order valence-electron chi connectivity index (χ0n) is 6.88. The quantitative estimate of drug-likeness (QED) is 0.539. The van der Waals surface area contributed by atoms with Crippen LogP contribution in [0.2, 0.25) is 0 Å². The van der Waals surface area contributed by atoms with Crippen molar-refractivity contribution in [1.29, 1.82) is 0 Å². The Bertz CT molecular complexity index is 163. The molecule has 0 aromatic rings. The van der Waals surface area contributed by atoms with Crippen molar-refractivity contribution in [2.24, 2.45) is 0 Å². The lowest BCUT2D eigenvalue weighted by Gasteiger charge is -2.33. The smallest absolute Gasteiger partial charge is 0.149 e. The fourth-order valence-electron chi connectivity index (χ4n) is 1.22. The van der Waals surface area contributed by atoms with Gasteiger partial charge in [-0.25, -0.2) is 4.42 Å². The number of carbonyl (C=O) groups excluding carboxylic acids is 1. The first-order valence-corrected chi connectivity index (χ1v) is 4.06. The van der Waals surface area contributed by atoms with Crippen LogP contribution in [-0.2, 0) is 4.79 Å². The van der Waals surface area contributed by atoms with Gasteiger partial charge in [-0.05, 0) is 25.7 Å². The van der Waals surface area contributed by atoms with Gasteiger partial charge in [-0.3, -0.25) is 4.79 Å². The van der Waals surface area contributed by atoms with Crippen LogP contribution in [0.3, 0.4) is 0 Å². The SMILES string of the molecule is CC(=O)C1CN(C)CCN1Cl. The summed E-state index contributed by atoms with van der Waals surface area (Å²) >= 11 is 5.83. The fourth-order valence-corrected chi connectivity index (χ4v) is 1.50. The van der Waals surface area contributed by atoms with Gasteiger partial charge >= 0.3 is 0 Å². The Kier molecular flexibility index (Phi) is 2.87. The fraction of sp³-hybridized carbons (Fsp3) is 0.857. The number of hydrogen-bond donors (Lipinski definition) is 0. The second-order valence-electron chi connectivity index (χ2n) is 3.01. The van der Waals surface area contributed by atoms with E-state index in [-0.39, 0.29) is 11.8 Å². The third-order valence-electron chi connectivity index (χ3n) is 1.99. The Morgan fingerprint density at radius 2 is 2.18 bits per heavy atom. The van der Waals surface area contributed by atoms with Gasteiger partial charge < -0.3 is 4.90 Å². The van der Waals surface area contributed by atoms with E-state index in [1.165, 1.54) is 0 Å². The number of halogens is 1. The molecule has 0 aliphatic carbocycles. The van der Waals surface area contributed by atoms with Crippen molar-refractivity contribution >= 4 is 17.6 Å². The Morgan fingerprint density at radius 1 is 1.55 bits per heavy atom. The van der Waals surface area contributed by atoms with Gasteiger partial charge in [-0.2, -0.15) is 0 Å². The minimum atomic E-state index is -0.115. The maximum absolute atomic E-state index is 11.0. The van der Waals surface area contributed by atoms with E-state index in [0.29, 0.717) is 0 Å². The molecule has 1 aliphatic rings. The van der Waals surface area contributed by atoms with Crippen molar-refractivity contribution in [2.45, 2.75) is 13.0 Å². The number of carbonyl (C=O) groups is 1. The van der Waals surface area contributed by atoms with Crippen molar-refractivity contribution in [3.63, 3.8) is 0 Å². The summed E-state index contributed by atoms with van der Waals surface area (Å²) in [5, 5.41) is 0. The van der Waals surface area contributed by atoms with Gasteiger partial charge in [0.1, 0.15) is 5.78 Å². The zero-order chi connectivity index (χ0) is 8.43. The van der Waals surface area contributed by atoms with E-state index in [1.807, 2.05) is 7.05 Å². The molecule has 4 heteroatoms. The van der Waals surface area contributed by atoms with E-state index < -0.39 is 0 Å². The summed E-state index contributed by atoms with van der Waals surface area (Å²) in [4.78, 5) is 13.1. The first-order valence-electron chi connectivity index (χ1n) is 3.72. The summed E-state index contributed by atoms with van der Waals surface area (Å²) < 4.78 is 1.60. The molecule has 1 saturated heterocycles. The number of piperazine rings is 1. The van der Waals surface area contributed by atoms with Gasteiger partial charge in [0.05, 0.1) is 6.04 Å². The molecule has 1 aliphatic heterocycles. The van der Waals surface area contributed by atoms with E-state index >= 15 is 0 Å². The number of likely N-dealkylation sites (N-methyl/N-ethyl adjacent to an activating group) is 1. The van der Waals surface area contributed by atoms with E-state index in [2.05, 4.69) is 4.90 Å². The van der Waals surface area contributed by atoms with Crippen molar-refractivity contribution in [2.75, 3.05) is 26.7 Å². The van der Waals surface area contributed by atoms with Gasteiger partial charge in [0, 0.05) is 19.6 Å². The molecule has 1 atom stereocenters. The van der Waals surface area contributed by atoms with Crippen LogP contribution in [0, 0.1) is 0 Å². The largest absolute Gasteiger partial charge is 0.303 e. The lowest BCUT2D eigenvalue weighted by atomic mass is 10.1. The molecule has 0 aromatic heterocycles. The first kappa shape index (κ1) is 8.97. The molecule has 1 rings (SSSR count). The Labute approximate surface area is 72.0 Å². The van der Waals surface area contributed by atoms with Gasteiger partial charge in [-0.1, -0.05) is 0 Å². The topological polar surface area (TPSA) is 23.6 Å². The van der Waals surface area contributed by atoms with E-state index in [9.17, 15) is 4.79 Å². The van der Waals surface area contributed by atoms with Crippen molar-refractivity contribution in [3.05, 3.63) is 0 Å². The Morgan fingerprint density at radius 3 is 2.64 bits per heavy atom. The van der Waals surface area contributed by atoms with Crippen molar-refractivity contribution in [3.8, 4) is 0 Å². The molecule has 0 saturated carbocycles. The molecule has 0 radical (unpaired) electrons. The molecule has 0 spiro atoms. The Hall–Kier alpha value is -0.120. The van der Waals surface area contributed by atoms with Crippen molar-refractivity contribution in [1.82, 2.24) is 9.32 Å². The van der Waals surface area contributed by atoms with Crippen LogP contribution < -0.4 is 0 Å². The Balaban J connectivity index is 2.54. The predicted molar refractivity (Wildman–Crippen MR) is 44.5 cm³/mol. The third-order valence-corrected chi connectivity index (χ3v) is 2.39. The van der Waals surface area contributed by atoms with Crippen LogP contribution >= 0.6 is 11.8 Å². The standard InChI is InChI=1S/C7H13ClN2O/c1-6(11)7-5-9(2)3-4-10(7)8/h7H,3-5H2,1-2H3. The number of Topliss-reactive ketones (excluding diaryl/α,β-unsaturated/α-hetero) is 1.